The van der Waals surface area contributed by atoms with Crippen molar-refractivity contribution in [3.8, 4) is 0 Å². The molecule has 3 heterocycles. The molecule has 1 spiro atoms. The lowest BCUT2D eigenvalue weighted by molar-refractivity contribution is -0.141. The first kappa shape index (κ1) is 13.1. The summed E-state index contributed by atoms with van der Waals surface area (Å²) in [4.78, 5) is 18.7. The van der Waals surface area contributed by atoms with Crippen LogP contribution in [0.3, 0.4) is 0 Å². The van der Waals surface area contributed by atoms with Gasteiger partial charge in [0.25, 0.3) is 0 Å². The van der Waals surface area contributed by atoms with Crippen molar-refractivity contribution in [2.75, 3.05) is 19.6 Å². The van der Waals surface area contributed by atoms with Crippen LogP contribution in [0.1, 0.15) is 43.7 Å². The molecule has 1 N–H and O–H groups in total. The maximum Gasteiger partial charge on any atom is 0.223 e. The van der Waals surface area contributed by atoms with E-state index < -0.39 is 0 Å². The molecule has 0 bridgehead atoms. The Hall–Kier alpha value is -0.940. The number of carbonyl (C=O) groups is 1. The molecule has 0 saturated carbocycles. The maximum atomic E-state index is 12.2. The summed E-state index contributed by atoms with van der Waals surface area (Å²) in [6.45, 7) is 5.20. The molecule has 1 aromatic heterocycles. The van der Waals surface area contributed by atoms with Crippen LogP contribution in [0.15, 0.2) is 11.6 Å². The van der Waals surface area contributed by atoms with Gasteiger partial charge in [-0.1, -0.05) is 0 Å². The largest absolute Gasteiger partial charge is 0.333 e. The summed E-state index contributed by atoms with van der Waals surface area (Å²) in [5.74, 6) is 0.298. The predicted octanol–water partition coefficient (Wildman–Crippen LogP) is 2.20. The molecule has 19 heavy (non-hydrogen) atoms. The van der Waals surface area contributed by atoms with Crippen LogP contribution in [0.25, 0.3) is 0 Å². The van der Waals surface area contributed by atoms with Crippen LogP contribution < -0.4 is 5.32 Å². The van der Waals surface area contributed by atoms with Crippen LogP contribution in [0, 0.1) is 5.41 Å². The van der Waals surface area contributed by atoms with Gasteiger partial charge in [0.05, 0.1) is 6.04 Å². The van der Waals surface area contributed by atoms with Crippen molar-refractivity contribution in [3.63, 3.8) is 0 Å². The second-order valence-corrected chi connectivity index (χ2v) is 6.74. The highest BCUT2D eigenvalue weighted by molar-refractivity contribution is 7.09. The summed E-state index contributed by atoms with van der Waals surface area (Å²) in [5, 5.41) is 6.47. The maximum absolute atomic E-state index is 12.2. The molecule has 3 rings (SSSR count). The Balaban J connectivity index is 1.77. The lowest BCUT2D eigenvalue weighted by Gasteiger charge is -2.46. The quantitative estimate of drug-likeness (QED) is 0.902. The number of nitrogens with zero attached hydrogens (tertiary/aromatic N) is 2. The zero-order valence-corrected chi connectivity index (χ0v) is 12.2. The van der Waals surface area contributed by atoms with E-state index in [1.165, 1.54) is 12.8 Å². The fourth-order valence-electron chi connectivity index (χ4n) is 3.34. The van der Waals surface area contributed by atoms with Crippen molar-refractivity contribution in [3.05, 3.63) is 16.6 Å². The lowest BCUT2D eigenvalue weighted by atomic mass is 9.72. The first-order valence-electron chi connectivity index (χ1n) is 7.10. The molecule has 0 aromatic carbocycles. The number of aromatic nitrogens is 1. The molecule has 1 atom stereocenters. The van der Waals surface area contributed by atoms with Crippen LogP contribution in [-0.4, -0.2) is 35.4 Å². The molecule has 2 saturated heterocycles. The zero-order chi connectivity index (χ0) is 13.3. The first-order valence-corrected chi connectivity index (χ1v) is 7.98. The topological polar surface area (TPSA) is 45.2 Å². The monoisotopic (exact) mass is 279 g/mol. The van der Waals surface area contributed by atoms with E-state index in [2.05, 4.69) is 22.1 Å². The summed E-state index contributed by atoms with van der Waals surface area (Å²) >= 11 is 1.64. The lowest BCUT2D eigenvalue weighted by Crippen LogP contribution is -2.51. The number of likely N-dealkylation sites (tertiary alicyclic amines) is 1. The Morgan fingerprint density at radius 1 is 1.42 bits per heavy atom. The molecule has 2 aliphatic rings. The van der Waals surface area contributed by atoms with Crippen molar-refractivity contribution in [1.82, 2.24) is 15.2 Å². The molecule has 4 nitrogen and oxygen atoms in total. The number of thiazole rings is 1. The molecule has 1 unspecified atom stereocenters. The van der Waals surface area contributed by atoms with Crippen molar-refractivity contribution in [2.45, 2.75) is 38.6 Å². The van der Waals surface area contributed by atoms with Gasteiger partial charge in [0.2, 0.25) is 5.91 Å². The Morgan fingerprint density at radius 2 is 2.21 bits per heavy atom. The predicted molar refractivity (Wildman–Crippen MR) is 76.0 cm³/mol. The Kier molecular flexibility index (Phi) is 3.58. The Morgan fingerprint density at radius 3 is 2.89 bits per heavy atom. The van der Waals surface area contributed by atoms with Gasteiger partial charge in [-0.15, -0.1) is 11.3 Å². The van der Waals surface area contributed by atoms with Gasteiger partial charge in [-0.05, 0) is 44.7 Å². The fraction of sp³-hybridized carbons (Fsp3) is 0.714. The van der Waals surface area contributed by atoms with Gasteiger partial charge in [0, 0.05) is 24.5 Å². The highest BCUT2D eigenvalue weighted by Crippen LogP contribution is 2.41. The van der Waals surface area contributed by atoms with E-state index in [0.717, 1.165) is 31.1 Å². The van der Waals surface area contributed by atoms with Crippen molar-refractivity contribution in [1.29, 1.82) is 0 Å². The minimum absolute atomic E-state index is 0.125. The van der Waals surface area contributed by atoms with Gasteiger partial charge in [-0.2, -0.15) is 0 Å². The van der Waals surface area contributed by atoms with E-state index in [1.807, 2.05) is 11.6 Å². The zero-order valence-electron chi connectivity index (χ0n) is 11.4. The molecule has 0 radical (unpaired) electrons. The third-order valence-corrected chi connectivity index (χ3v) is 5.58. The molecule has 0 aliphatic carbocycles. The smallest absolute Gasteiger partial charge is 0.223 e. The Bertz CT molecular complexity index is 440. The van der Waals surface area contributed by atoms with Crippen LogP contribution in [-0.2, 0) is 4.79 Å². The second-order valence-electron chi connectivity index (χ2n) is 5.82. The van der Waals surface area contributed by atoms with E-state index in [9.17, 15) is 4.79 Å². The average Bonchev–Trinajstić information content (AvgIpc) is 2.96. The summed E-state index contributed by atoms with van der Waals surface area (Å²) in [5.41, 5.74) is 0.352. The number of piperidine rings is 2. The van der Waals surface area contributed by atoms with Crippen LogP contribution in [0.2, 0.25) is 0 Å². The SMILES string of the molecule is CC(c1nccs1)N1CC2(CCNCC2)CCC1=O. The van der Waals surface area contributed by atoms with E-state index >= 15 is 0 Å². The highest BCUT2D eigenvalue weighted by atomic mass is 32.1. The van der Waals surface area contributed by atoms with Gasteiger partial charge in [0.15, 0.2) is 0 Å². The molecule has 2 fully saturated rings. The average molecular weight is 279 g/mol. The standard InChI is InChI=1S/C14H21N3OS/c1-11(13-16-8-9-19-13)17-10-14(3-2-12(17)18)4-6-15-7-5-14/h8-9,11,15H,2-7,10H2,1H3. The summed E-state index contributed by atoms with van der Waals surface area (Å²) in [6.07, 6.45) is 5.98. The normalized spacial score (nSPS) is 24.7. The van der Waals surface area contributed by atoms with Crippen LogP contribution in [0.4, 0.5) is 0 Å². The summed E-state index contributed by atoms with van der Waals surface area (Å²) in [7, 11) is 0. The molecule has 1 aromatic rings. The third kappa shape index (κ3) is 2.54. The van der Waals surface area contributed by atoms with Gasteiger partial charge in [0.1, 0.15) is 5.01 Å². The van der Waals surface area contributed by atoms with E-state index in [-0.39, 0.29) is 6.04 Å². The molecular formula is C14H21N3OS. The number of hydrogen-bond donors (Lipinski definition) is 1. The van der Waals surface area contributed by atoms with Crippen LogP contribution >= 0.6 is 11.3 Å². The van der Waals surface area contributed by atoms with Crippen LogP contribution in [0.5, 0.6) is 0 Å². The molecule has 1 amide bonds. The number of nitrogens with one attached hydrogen (secondary N) is 1. The van der Waals surface area contributed by atoms with Crippen molar-refractivity contribution < 1.29 is 4.79 Å². The fourth-order valence-corrected chi connectivity index (χ4v) is 4.04. The van der Waals surface area contributed by atoms with E-state index in [4.69, 9.17) is 0 Å². The minimum Gasteiger partial charge on any atom is -0.333 e. The molecule has 2 aliphatic heterocycles. The minimum atomic E-state index is 0.125. The molecule has 5 heteroatoms. The van der Waals surface area contributed by atoms with Gasteiger partial charge >= 0.3 is 0 Å². The highest BCUT2D eigenvalue weighted by Gasteiger charge is 2.41. The number of carbonyl (C=O) groups excluding carboxylic acids is 1. The van der Waals surface area contributed by atoms with Gasteiger partial charge in [-0.3, -0.25) is 4.79 Å². The Labute approximate surface area is 118 Å². The molecule has 104 valence electrons. The number of rotatable bonds is 2. The van der Waals surface area contributed by atoms with E-state index in [0.29, 0.717) is 17.7 Å². The van der Waals surface area contributed by atoms with Crippen molar-refractivity contribution in [2.24, 2.45) is 5.41 Å². The third-order valence-electron chi connectivity index (χ3n) is 4.64. The van der Waals surface area contributed by atoms with Gasteiger partial charge < -0.3 is 10.2 Å². The van der Waals surface area contributed by atoms with E-state index in [1.54, 1.807) is 11.3 Å². The molecular weight excluding hydrogens is 258 g/mol. The first-order chi connectivity index (χ1) is 9.20. The van der Waals surface area contributed by atoms with Gasteiger partial charge in [-0.25, -0.2) is 4.98 Å². The number of hydrogen-bond acceptors (Lipinski definition) is 4. The summed E-state index contributed by atoms with van der Waals surface area (Å²) in [6, 6.07) is 0.125. The van der Waals surface area contributed by atoms with Crippen molar-refractivity contribution >= 4 is 17.2 Å². The summed E-state index contributed by atoms with van der Waals surface area (Å²) < 4.78 is 0. The number of amides is 1. The second kappa shape index (κ2) is 5.21.